The summed E-state index contributed by atoms with van der Waals surface area (Å²) >= 11 is 0. The van der Waals surface area contributed by atoms with E-state index in [1.165, 1.54) is 6.92 Å². The molecule has 0 aromatic heterocycles. The van der Waals surface area contributed by atoms with E-state index in [4.69, 9.17) is 0 Å². The van der Waals surface area contributed by atoms with Gasteiger partial charge in [-0.1, -0.05) is 0 Å². The first-order valence-corrected chi connectivity index (χ1v) is 4.92. The Balaban J connectivity index is 2.30. The van der Waals surface area contributed by atoms with Gasteiger partial charge in [0, 0.05) is 6.04 Å². The van der Waals surface area contributed by atoms with E-state index in [9.17, 15) is 14.9 Å². The molecule has 1 fully saturated rings. The van der Waals surface area contributed by atoms with Crippen LogP contribution in [0.3, 0.4) is 0 Å². The van der Waals surface area contributed by atoms with Gasteiger partial charge in [-0.2, -0.15) is 0 Å². The average Bonchev–Trinajstić information content (AvgIpc) is 2.18. The van der Waals surface area contributed by atoms with Gasteiger partial charge in [-0.25, -0.2) is 0 Å². The molecule has 1 unspecified atom stereocenters. The Hall–Kier alpha value is -1.37. The van der Waals surface area contributed by atoms with E-state index < -0.39 is 17.1 Å². The summed E-state index contributed by atoms with van der Waals surface area (Å²) in [7, 11) is 0. The number of carbonyl (C=O) groups excluding carboxylic acids is 1. The highest BCUT2D eigenvalue weighted by molar-refractivity contribution is 5.80. The van der Waals surface area contributed by atoms with Crippen LogP contribution in [0, 0.1) is 10.1 Å². The van der Waals surface area contributed by atoms with E-state index in [1.807, 2.05) is 0 Å². The average molecular weight is 217 g/mol. The number of amides is 1. The fourth-order valence-corrected chi connectivity index (χ4v) is 1.46. The van der Waals surface area contributed by atoms with Gasteiger partial charge in [0.1, 0.15) is 0 Å². The number of nitrogens with zero attached hydrogens (tertiary/aromatic N) is 1. The Bertz CT molecular complexity index is 240. The second-order valence-corrected chi connectivity index (χ2v) is 3.50. The van der Waals surface area contributed by atoms with Gasteiger partial charge in [0.25, 0.3) is 5.09 Å². The van der Waals surface area contributed by atoms with E-state index in [-0.39, 0.29) is 6.04 Å². The first-order chi connectivity index (χ1) is 7.09. The highest BCUT2D eigenvalue weighted by Gasteiger charge is 2.21. The SMILES string of the molecule is CC(O[N+](=O)[O-])C(=O)NC1CCNCC1. The van der Waals surface area contributed by atoms with E-state index >= 15 is 0 Å². The maximum Gasteiger partial charge on any atom is 0.295 e. The second kappa shape index (κ2) is 5.50. The molecule has 1 amide bonds. The van der Waals surface area contributed by atoms with E-state index in [2.05, 4.69) is 15.5 Å². The van der Waals surface area contributed by atoms with Crippen molar-refractivity contribution in [3.05, 3.63) is 10.1 Å². The second-order valence-electron chi connectivity index (χ2n) is 3.50. The Morgan fingerprint density at radius 1 is 1.60 bits per heavy atom. The predicted octanol–water partition coefficient (Wildman–Crippen LogP) is -0.549. The summed E-state index contributed by atoms with van der Waals surface area (Å²) in [6, 6.07) is 0.0940. The first kappa shape index (κ1) is 11.7. The van der Waals surface area contributed by atoms with Crippen LogP contribution in [-0.2, 0) is 9.63 Å². The van der Waals surface area contributed by atoms with Gasteiger partial charge in [0.15, 0.2) is 6.10 Å². The molecule has 0 bridgehead atoms. The number of piperidine rings is 1. The van der Waals surface area contributed by atoms with E-state index in [0.29, 0.717) is 0 Å². The maximum absolute atomic E-state index is 11.4. The summed E-state index contributed by atoms with van der Waals surface area (Å²) in [5.74, 6) is -0.432. The van der Waals surface area contributed by atoms with Crippen LogP contribution in [0.15, 0.2) is 0 Å². The van der Waals surface area contributed by atoms with Crippen molar-refractivity contribution in [2.24, 2.45) is 0 Å². The van der Waals surface area contributed by atoms with Crippen LogP contribution in [0.2, 0.25) is 0 Å². The lowest BCUT2D eigenvalue weighted by molar-refractivity contribution is -0.763. The number of hydrogen-bond acceptors (Lipinski definition) is 5. The van der Waals surface area contributed by atoms with Crippen LogP contribution >= 0.6 is 0 Å². The Kier molecular flexibility index (Phi) is 4.29. The molecule has 1 saturated heterocycles. The van der Waals surface area contributed by atoms with Crippen molar-refractivity contribution in [1.29, 1.82) is 0 Å². The molecule has 0 aliphatic carbocycles. The lowest BCUT2D eigenvalue weighted by Crippen LogP contribution is -2.46. The number of hydrogen-bond donors (Lipinski definition) is 2. The summed E-state index contributed by atoms with van der Waals surface area (Å²) < 4.78 is 0. The van der Waals surface area contributed by atoms with Gasteiger partial charge in [0.05, 0.1) is 0 Å². The molecule has 7 heteroatoms. The fraction of sp³-hybridized carbons (Fsp3) is 0.875. The maximum atomic E-state index is 11.4. The third-order valence-corrected chi connectivity index (χ3v) is 2.30. The Morgan fingerprint density at radius 3 is 2.73 bits per heavy atom. The van der Waals surface area contributed by atoms with Crippen LogP contribution < -0.4 is 10.6 Å². The van der Waals surface area contributed by atoms with E-state index in [1.54, 1.807) is 0 Å². The van der Waals surface area contributed by atoms with Crippen LogP contribution in [0.1, 0.15) is 19.8 Å². The van der Waals surface area contributed by atoms with Gasteiger partial charge < -0.3 is 15.5 Å². The molecule has 1 atom stereocenters. The number of nitrogens with one attached hydrogen (secondary N) is 2. The molecule has 1 rings (SSSR count). The minimum absolute atomic E-state index is 0.0940. The molecule has 7 nitrogen and oxygen atoms in total. The van der Waals surface area contributed by atoms with Crippen LogP contribution in [0.25, 0.3) is 0 Å². The predicted molar refractivity (Wildman–Crippen MR) is 51.6 cm³/mol. The molecule has 0 aromatic carbocycles. The molecule has 1 aliphatic rings. The molecule has 0 aromatic rings. The van der Waals surface area contributed by atoms with Crippen molar-refractivity contribution < 1.29 is 14.7 Å². The van der Waals surface area contributed by atoms with Gasteiger partial charge in [-0.05, 0) is 32.9 Å². The summed E-state index contributed by atoms with van der Waals surface area (Å²) in [5, 5.41) is 14.9. The largest absolute Gasteiger partial charge is 0.351 e. The monoisotopic (exact) mass is 217 g/mol. The van der Waals surface area contributed by atoms with Crippen LogP contribution in [0.5, 0.6) is 0 Å². The quantitative estimate of drug-likeness (QED) is 0.487. The van der Waals surface area contributed by atoms with Crippen molar-refractivity contribution in [2.45, 2.75) is 31.9 Å². The number of carbonyl (C=O) groups is 1. The zero-order valence-corrected chi connectivity index (χ0v) is 8.56. The van der Waals surface area contributed by atoms with Crippen LogP contribution in [-0.4, -0.2) is 36.2 Å². The molecule has 2 N–H and O–H groups in total. The molecule has 0 radical (unpaired) electrons. The Morgan fingerprint density at radius 2 is 2.20 bits per heavy atom. The van der Waals surface area contributed by atoms with Crippen molar-refractivity contribution in [3.8, 4) is 0 Å². The highest BCUT2D eigenvalue weighted by Crippen LogP contribution is 2.03. The minimum Gasteiger partial charge on any atom is -0.351 e. The van der Waals surface area contributed by atoms with Gasteiger partial charge in [0.2, 0.25) is 5.91 Å². The number of rotatable bonds is 4. The van der Waals surface area contributed by atoms with Crippen molar-refractivity contribution in [2.75, 3.05) is 13.1 Å². The van der Waals surface area contributed by atoms with Crippen molar-refractivity contribution in [3.63, 3.8) is 0 Å². The zero-order chi connectivity index (χ0) is 11.3. The summed E-state index contributed by atoms with van der Waals surface area (Å²) in [6.07, 6.45) is 0.642. The fourth-order valence-electron chi connectivity index (χ4n) is 1.46. The molecule has 86 valence electrons. The molecule has 15 heavy (non-hydrogen) atoms. The highest BCUT2D eigenvalue weighted by atomic mass is 17.0. The van der Waals surface area contributed by atoms with Crippen molar-refractivity contribution in [1.82, 2.24) is 10.6 Å². The third kappa shape index (κ3) is 4.11. The topological polar surface area (TPSA) is 93.5 Å². The summed E-state index contributed by atoms with van der Waals surface area (Å²) in [4.78, 5) is 25.5. The van der Waals surface area contributed by atoms with E-state index in [0.717, 1.165) is 25.9 Å². The lowest BCUT2D eigenvalue weighted by atomic mass is 10.1. The lowest BCUT2D eigenvalue weighted by Gasteiger charge is -2.24. The molecule has 1 heterocycles. The summed E-state index contributed by atoms with van der Waals surface area (Å²) in [5.41, 5.74) is 0. The standard InChI is InChI=1S/C8H15N3O4/c1-6(15-11(13)14)8(12)10-7-2-4-9-5-3-7/h6-7,9H,2-5H2,1H3,(H,10,12). The molecular weight excluding hydrogens is 202 g/mol. The zero-order valence-electron chi connectivity index (χ0n) is 8.56. The molecule has 1 aliphatic heterocycles. The smallest absolute Gasteiger partial charge is 0.295 e. The molecule has 0 spiro atoms. The minimum atomic E-state index is -1.05. The van der Waals surface area contributed by atoms with Gasteiger partial charge in [-0.3, -0.25) is 4.79 Å². The third-order valence-electron chi connectivity index (χ3n) is 2.30. The van der Waals surface area contributed by atoms with Gasteiger partial charge in [-0.15, -0.1) is 10.1 Å². The summed E-state index contributed by atoms with van der Waals surface area (Å²) in [6.45, 7) is 3.07. The van der Waals surface area contributed by atoms with Crippen LogP contribution in [0.4, 0.5) is 0 Å². The molecule has 0 saturated carbocycles. The van der Waals surface area contributed by atoms with Crippen molar-refractivity contribution >= 4 is 5.91 Å². The molecular formula is C8H15N3O4. The Labute approximate surface area is 87.3 Å². The normalized spacial score (nSPS) is 19.3. The van der Waals surface area contributed by atoms with Gasteiger partial charge >= 0.3 is 0 Å². The first-order valence-electron chi connectivity index (χ1n) is 4.92.